The Balaban J connectivity index is 1.48. The van der Waals surface area contributed by atoms with Gasteiger partial charge in [-0.1, -0.05) is 66.0 Å². The lowest BCUT2D eigenvalue weighted by Crippen LogP contribution is -2.12. The first-order chi connectivity index (χ1) is 13.8. The summed E-state index contributed by atoms with van der Waals surface area (Å²) in [6.45, 7) is 4.60. The molecular weight excluding hydrogens is 394 g/mol. The standard InChI is InChI=1S/C20H22ClN5OS/c1-2-12-26-18(14-8-4-3-5-9-14)23-24-20(26)28-13-17-22-19(27-25-17)15-10-6-7-11-16(15)21/h2,6-7,10-11,14H,1,3-5,8-9,12-13H2. The van der Waals surface area contributed by atoms with Crippen molar-refractivity contribution in [3.63, 3.8) is 0 Å². The number of nitrogens with zero attached hydrogens (tertiary/aromatic N) is 5. The van der Waals surface area contributed by atoms with Gasteiger partial charge in [-0.05, 0) is 25.0 Å². The number of allylic oxidation sites excluding steroid dienone is 1. The number of thioether (sulfide) groups is 1. The van der Waals surface area contributed by atoms with Crippen LogP contribution in [0.3, 0.4) is 0 Å². The van der Waals surface area contributed by atoms with E-state index in [9.17, 15) is 0 Å². The third kappa shape index (κ3) is 4.15. The molecule has 0 spiro atoms. The molecule has 3 aromatic rings. The molecule has 28 heavy (non-hydrogen) atoms. The predicted molar refractivity (Wildman–Crippen MR) is 110 cm³/mol. The van der Waals surface area contributed by atoms with Gasteiger partial charge in [0.2, 0.25) is 0 Å². The lowest BCUT2D eigenvalue weighted by atomic mass is 9.89. The van der Waals surface area contributed by atoms with Gasteiger partial charge in [0.15, 0.2) is 11.0 Å². The number of hydrogen-bond donors (Lipinski definition) is 0. The third-order valence-electron chi connectivity index (χ3n) is 4.93. The van der Waals surface area contributed by atoms with Gasteiger partial charge in [-0.2, -0.15) is 4.98 Å². The molecule has 0 aliphatic heterocycles. The summed E-state index contributed by atoms with van der Waals surface area (Å²) in [6, 6.07) is 7.43. The van der Waals surface area contributed by atoms with E-state index in [1.165, 1.54) is 32.1 Å². The number of rotatable bonds is 7. The van der Waals surface area contributed by atoms with Crippen LogP contribution in [0.2, 0.25) is 5.02 Å². The van der Waals surface area contributed by atoms with Crippen LogP contribution < -0.4 is 0 Å². The maximum atomic E-state index is 6.21. The largest absolute Gasteiger partial charge is 0.334 e. The van der Waals surface area contributed by atoms with Crippen LogP contribution in [-0.4, -0.2) is 24.9 Å². The summed E-state index contributed by atoms with van der Waals surface area (Å²) in [6.07, 6.45) is 8.12. The van der Waals surface area contributed by atoms with Crippen LogP contribution in [0.5, 0.6) is 0 Å². The molecule has 1 fully saturated rings. The maximum absolute atomic E-state index is 6.21. The predicted octanol–water partition coefficient (Wildman–Crippen LogP) is 5.51. The SMILES string of the molecule is C=CCn1c(SCc2noc(-c3ccccc3Cl)n2)nnc1C1CCCCC1. The highest BCUT2D eigenvalue weighted by atomic mass is 35.5. The monoisotopic (exact) mass is 415 g/mol. The zero-order valence-electron chi connectivity index (χ0n) is 15.6. The molecule has 0 amide bonds. The highest BCUT2D eigenvalue weighted by Crippen LogP contribution is 2.34. The lowest BCUT2D eigenvalue weighted by Gasteiger charge is -2.21. The zero-order valence-corrected chi connectivity index (χ0v) is 17.1. The van der Waals surface area contributed by atoms with Gasteiger partial charge in [-0.25, -0.2) is 0 Å². The molecule has 1 aromatic carbocycles. The third-order valence-corrected chi connectivity index (χ3v) is 6.22. The molecule has 1 saturated carbocycles. The van der Waals surface area contributed by atoms with Crippen LogP contribution in [0.1, 0.15) is 49.7 Å². The number of halogens is 1. The average molecular weight is 416 g/mol. The first kappa shape index (κ1) is 19.2. The van der Waals surface area contributed by atoms with Gasteiger partial charge in [0.1, 0.15) is 5.82 Å². The molecule has 2 heterocycles. The first-order valence-corrected chi connectivity index (χ1v) is 10.9. The highest BCUT2D eigenvalue weighted by Gasteiger charge is 2.23. The van der Waals surface area contributed by atoms with Gasteiger partial charge in [-0.3, -0.25) is 0 Å². The summed E-state index contributed by atoms with van der Waals surface area (Å²) in [4.78, 5) is 4.47. The van der Waals surface area contributed by atoms with Crippen molar-refractivity contribution >= 4 is 23.4 Å². The fourth-order valence-corrected chi connectivity index (χ4v) is 4.57. The quantitative estimate of drug-likeness (QED) is 0.374. The molecule has 0 radical (unpaired) electrons. The first-order valence-electron chi connectivity index (χ1n) is 9.50. The normalized spacial score (nSPS) is 15.0. The van der Waals surface area contributed by atoms with Crippen LogP contribution >= 0.6 is 23.4 Å². The van der Waals surface area contributed by atoms with E-state index >= 15 is 0 Å². The lowest BCUT2D eigenvalue weighted by molar-refractivity contribution is 0.415. The molecule has 0 bridgehead atoms. The fraction of sp³-hybridized carbons (Fsp3) is 0.400. The Kier molecular flexibility index (Phi) is 6.12. The summed E-state index contributed by atoms with van der Waals surface area (Å²) >= 11 is 7.77. The van der Waals surface area contributed by atoms with Crippen LogP contribution in [0, 0.1) is 0 Å². The highest BCUT2D eigenvalue weighted by molar-refractivity contribution is 7.98. The summed E-state index contributed by atoms with van der Waals surface area (Å²) in [5.41, 5.74) is 0.738. The van der Waals surface area contributed by atoms with E-state index in [0.29, 0.717) is 35.0 Å². The zero-order chi connectivity index (χ0) is 19.3. The van der Waals surface area contributed by atoms with Crippen molar-refractivity contribution in [3.05, 3.63) is 53.6 Å². The fourth-order valence-electron chi connectivity index (χ4n) is 3.56. The van der Waals surface area contributed by atoms with E-state index in [4.69, 9.17) is 16.1 Å². The number of aromatic nitrogens is 5. The molecule has 6 nitrogen and oxygen atoms in total. The van der Waals surface area contributed by atoms with E-state index in [-0.39, 0.29) is 0 Å². The average Bonchev–Trinajstić information content (AvgIpc) is 3.35. The Morgan fingerprint density at radius 2 is 2.04 bits per heavy atom. The minimum Gasteiger partial charge on any atom is -0.334 e. The molecule has 8 heteroatoms. The molecule has 0 unspecified atom stereocenters. The van der Waals surface area contributed by atoms with Gasteiger partial charge >= 0.3 is 0 Å². The van der Waals surface area contributed by atoms with Crippen molar-refractivity contribution in [3.8, 4) is 11.5 Å². The summed E-state index contributed by atoms with van der Waals surface area (Å²) in [5.74, 6) is 3.15. The molecule has 146 valence electrons. The topological polar surface area (TPSA) is 69.6 Å². The maximum Gasteiger partial charge on any atom is 0.259 e. The Bertz CT molecular complexity index is 948. The molecule has 0 atom stereocenters. The summed E-state index contributed by atoms with van der Waals surface area (Å²) < 4.78 is 7.55. The molecule has 2 aromatic heterocycles. The van der Waals surface area contributed by atoms with Gasteiger partial charge < -0.3 is 9.09 Å². The van der Waals surface area contributed by atoms with Gasteiger partial charge in [0.05, 0.1) is 16.3 Å². The van der Waals surface area contributed by atoms with Crippen LogP contribution in [0.25, 0.3) is 11.5 Å². The van der Waals surface area contributed by atoms with Crippen molar-refractivity contribution in [2.45, 2.75) is 55.5 Å². The van der Waals surface area contributed by atoms with E-state index in [0.717, 1.165) is 16.5 Å². The van der Waals surface area contributed by atoms with E-state index < -0.39 is 0 Å². The Labute approximate surface area is 173 Å². The minimum absolute atomic E-state index is 0.427. The Morgan fingerprint density at radius 1 is 1.21 bits per heavy atom. The Morgan fingerprint density at radius 3 is 2.82 bits per heavy atom. The van der Waals surface area contributed by atoms with E-state index in [1.54, 1.807) is 17.8 Å². The number of benzene rings is 1. The van der Waals surface area contributed by atoms with Crippen LogP contribution in [0.4, 0.5) is 0 Å². The second-order valence-corrected chi connectivity index (χ2v) is 8.21. The van der Waals surface area contributed by atoms with Crippen molar-refractivity contribution in [1.82, 2.24) is 24.9 Å². The Hall–Kier alpha value is -2.12. The molecule has 0 saturated heterocycles. The minimum atomic E-state index is 0.427. The molecular formula is C20H22ClN5OS. The smallest absolute Gasteiger partial charge is 0.259 e. The molecule has 4 rings (SSSR count). The van der Waals surface area contributed by atoms with Gasteiger partial charge in [0.25, 0.3) is 5.89 Å². The second kappa shape index (κ2) is 8.92. The molecule has 1 aliphatic rings. The summed E-state index contributed by atoms with van der Waals surface area (Å²) in [5, 5.41) is 14.5. The van der Waals surface area contributed by atoms with Crippen LogP contribution in [0.15, 0.2) is 46.6 Å². The van der Waals surface area contributed by atoms with Crippen molar-refractivity contribution < 1.29 is 4.52 Å². The van der Waals surface area contributed by atoms with Crippen LogP contribution in [-0.2, 0) is 12.3 Å². The second-order valence-electron chi connectivity index (χ2n) is 6.86. The molecule has 1 aliphatic carbocycles. The van der Waals surface area contributed by atoms with E-state index in [1.807, 2.05) is 24.3 Å². The van der Waals surface area contributed by atoms with Gasteiger partial charge in [0, 0.05) is 12.5 Å². The van der Waals surface area contributed by atoms with Crippen molar-refractivity contribution in [2.24, 2.45) is 0 Å². The number of hydrogen-bond acceptors (Lipinski definition) is 6. The van der Waals surface area contributed by atoms with Crippen molar-refractivity contribution in [2.75, 3.05) is 0 Å². The van der Waals surface area contributed by atoms with Crippen molar-refractivity contribution in [1.29, 1.82) is 0 Å². The summed E-state index contributed by atoms with van der Waals surface area (Å²) in [7, 11) is 0. The molecule has 0 N–H and O–H groups in total. The van der Waals surface area contributed by atoms with Gasteiger partial charge in [-0.15, -0.1) is 16.8 Å². The van der Waals surface area contributed by atoms with E-state index in [2.05, 4.69) is 31.5 Å².